The van der Waals surface area contributed by atoms with E-state index in [1.165, 1.54) is 6.08 Å². The van der Waals surface area contributed by atoms with Crippen LogP contribution in [0.3, 0.4) is 0 Å². The Kier molecular flexibility index (Phi) is 7.65. The second-order valence-corrected chi connectivity index (χ2v) is 8.36. The van der Waals surface area contributed by atoms with E-state index < -0.39 is 5.91 Å². The largest absolute Gasteiger partial charge is 0.495 e. The number of H-pyrrole nitrogens is 1. The number of ether oxygens (including phenoxy) is 1. The molecule has 2 aromatic heterocycles. The molecule has 2 aromatic carbocycles. The molecule has 0 aliphatic carbocycles. The third-order valence-electron chi connectivity index (χ3n) is 5.31. The molecular weight excluding hydrogens is 472 g/mol. The van der Waals surface area contributed by atoms with E-state index in [0.717, 1.165) is 5.39 Å². The van der Waals surface area contributed by atoms with Crippen molar-refractivity contribution in [2.75, 3.05) is 43.7 Å². The number of para-hydroxylation sites is 1. The van der Waals surface area contributed by atoms with Gasteiger partial charge in [0.05, 0.1) is 29.4 Å². The number of nitrogens with two attached hydrogens (primary N) is 1. The van der Waals surface area contributed by atoms with Crippen LogP contribution in [0, 0.1) is 0 Å². The second kappa shape index (κ2) is 11.2. The molecule has 0 spiro atoms. The molecule has 0 radical (unpaired) electrons. The standard InChI is InChI=1S/C26H28N8O3/c1-34(2)14-6-9-22(35)29-16-10-11-21(37-3)20(15-16)31-26-32-24-18(12-13-28-24)25(33-26)30-19-8-5-4-7-17(19)23(27)36/h4-13,15H,14H2,1-3H3,(H2,27,36)(H,29,35)(H3,28,30,31,32,33)/b9-6+. The van der Waals surface area contributed by atoms with Gasteiger partial charge in [0, 0.05) is 24.5 Å². The van der Waals surface area contributed by atoms with Gasteiger partial charge in [-0.15, -0.1) is 0 Å². The Balaban J connectivity index is 1.63. The highest BCUT2D eigenvalue weighted by molar-refractivity contribution is 6.01. The fourth-order valence-electron chi connectivity index (χ4n) is 3.59. The normalized spacial score (nSPS) is 11.1. The van der Waals surface area contributed by atoms with E-state index in [4.69, 9.17) is 10.5 Å². The van der Waals surface area contributed by atoms with Crippen molar-refractivity contribution >= 4 is 51.7 Å². The summed E-state index contributed by atoms with van der Waals surface area (Å²) < 4.78 is 5.48. The number of primary amides is 1. The molecule has 4 rings (SSSR count). The number of benzene rings is 2. The first-order valence-electron chi connectivity index (χ1n) is 11.4. The van der Waals surface area contributed by atoms with Crippen LogP contribution in [0.2, 0.25) is 0 Å². The highest BCUT2D eigenvalue weighted by atomic mass is 16.5. The lowest BCUT2D eigenvalue weighted by molar-refractivity contribution is -0.111. The Morgan fingerprint density at radius 1 is 1.08 bits per heavy atom. The predicted molar refractivity (Wildman–Crippen MR) is 145 cm³/mol. The molecule has 11 nitrogen and oxygen atoms in total. The van der Waals surface area contributed by atoms with Crippen LogP contribution in [-0.4, -0.2) is 59.4 Å². The van der Waals surface area contributed by atoms with E-state index in [2.05, 4.69) is 30.9 Å². The molecular formula is C26H28N8O3. The average Bonchev–Trinajstić information content (AvgIpc) is 3.33. The van der Waals surface area contributed by atoms with Crippen molar-refractivity contribution in [2.45, 2.75) is 0 Å². The van der Waals surface area contributed by atoms with Gasteiger partial charge in [0.1, 0.15) is 17.2 Å². The van der Waals surface area contributed by atoms with Crippen molar-refractivity contribution < 1.29 is 14.3 Å². The molecule has 0 aliphatic heterocycles. The smallest absolute Gasteiger partial charge is 0.250 e. The van der Waals surface area contributed by atoms with Gasteiger partial charge < -0.3 is 36.3 Å². The van der Waals surface area contributed by atoms with Crippen molar-refractivity contribution in [1.82, 2.24) is 19.9 Å². The quantitative estimate of drug-likeness (QED) is 0.207. The summed E-state index contributed by atoms with van der Waals surface area (Å²) in [6.07, 6.45) is 5.01. The van der Waals surface area contributed by atoms with E-state index in [-0.39, 0.29) is 11.9 Å². The van der Waals surface area contributed by atoms with Crippen LogP contribution in [0.5, 0.6) is 5.75 Å². The molecule has 0 saturated carbocycles. The number of hydrogen-bond donors (Lipinski definition) is 5. The van der Waals surface area contributed by atoms with Gasteiger partial charge in [-0.05, 0) is 50.5 Å². The minimum Gasteiger partial charge on any atom is -0.495 e. The highest BCUT2D eigenvalue weighted by Gasteiger charge is 2.14. The zero-order valence-electron chi connectivity index (χ0n) is 20.7. The van der Waals surface area contributed by atoms with Gasteiger partial charge in [-0.25, -0.2) is 0 Å². The van der Waals surface area contributed by atoms with Crippen molar-refractivity contribution in [3.8, 4) is 5.75 Å². The number of rotatable bonds is 10. The van der Waals surface area contributed by atoms with Crippen molar-refractivity contribution in [3.63, 3.8) is 0 Å². The molecule has 0 unspecified atom stereocenters. The summed E-state index contributed by atoms with van der Waals surface area (Å²) in [5, 5.41) is 9.92. The Morgan fingerprint density at radius 2 is 1.89 bits per heavy atom. The van der Waals surface area contributed by atoms with Gasteiger partial charge in [-0.1, -0.05) is 18.2 Å². The number of anilines is 5. The summed E-state index contributed by atoms with van der Waals surface area (Å²) in [6.45, 7) is 0.654. The molecule has 37 heavy (non-hydrogen) atoms. The molecule has 11 heteroatoms. The lowest BCUT2D eigenvalue weighted by Gasteiger charge is -2.14. The van der Waals surface area contributed by atoms with Crippen LogP contribution < -0.4 is 26.4 Å². The first-order valence-corrected chi connectivity index (χ1v) is 11.4. The topological polar surface area (TPSA) is 150 Å². The molecule has 4 aromatic rings. The number of methoxy groups -OCH3 is 1. The van der Waals surface area contributed by atoms with E-state index in [1.54, 1.807) is 61.8 Å². The molecule has 0 bridgehead atoms. The number of nitrogens with one attached hydrogen (secondary N) is 4. The number of fused-ring (bicyclic) bond motifs is 1. The fraction of sp³-hybridized carbons (Fsp3) is 0.154. The number of carbonyl (C=O) groups is 2. The van der Waals surface area contributed by atoms with Gasteiger partial charge in [0.25, 0.3) is 5.91 Å². The summed E-state index contributed by atoms with van der Waals surface area (Å²) in [5.41, 5.74) is 8.08. The van der Waals surface area contributed by atoms with Crippen LogP contribution in [0.25, 0.3) is 11.0 Å². The van der Waals surface area contributed by atoms with E-state index in [0.29, 0.717) is 46.4 Å². The first-order chi connectivity index (χ1) is 17.8. The van der Waals surface area contributed by atoms with Gasteiger partial charge in [0.15, 0.2) is 0 Å². The number of carbonyl (C=O) groups excluding carboxylic acids is 2. The Hall–Kier alpha value is -4.90. The second-order valence-electron chi connectivity index (χ2n) is 8.36. The van der Waals surface area contributed by atoms with E-state index in [9.17, 15) is 9.59 Å². The molecule has 0 saturated heterocycles. The third-order valence-corrected chi connectivity index (χ3v) is 5.31. The molecule has 6 N–H and O–H groups in total. The summed E-state index contributed by atoms with van der Waals surface area (Å²) in [5.74, 6) is 0.464. The Bertz CT molecular complexity index is 1460. The zero-order valence-corrected chi connectivity index (χ0v) is 20.7. The lowest BCUT2D eigenvalue weighted by atomic mass is 10.1. The highest BCUT2D eigenvalue weighted by Crippen LogP contribution is 2.32. The van der Waals surface area contributed by atoms with Crippen LogP contribution >= 0.6 is 0 Å². The molecule has 2 amide bonds. The number of likely N-dealkylation sites (N-methyl/N-ethyl adjacent to an activating group) is 1. The lowest BCUT2D eigenvalue weighted by Crippen LogP contribution is -2.13. The molecule has 2 heterocycles. The minimum absolute atomic E-state index is 0.248. The van der Waals surface area contributed by atoms with Gasteiger partial charge >= 0.3 is 0 Å². The average molecular weight is 501 g/mol. The van der Waals surface area contributed by atoms with Crippen molar-refractivity contribution in [2.24, 2.45) is 5.73 Å². The van der Waals surface area contributed by atoms with Gasteiger partial charge in [0.2, 0.25) is 11.9 Å². The van der Waals surface area contributed by atoms with Crippen molar-refractivity contribution in [1.29, 1.82) is 0 Å². The summed E-state index contributed by atoms with van der Waals surface area (Å²) >= 11 is 0. The molecule has 0 atom stereocenters. The SMILES string of the molecule is COc1ccc(NC(=O)/C=C/CN(C)C)cc1Nc1nc(Nc2ccccc2C(N)=O)c2cc[nH]c2n1. The fourth-order valence-corrected chi connectivity index (χ4v) is 3.59. The van der Waals surface area contributed by atoms with Crippen LogP contribution in [-0.2, 0) is 4.79 Å². The number of nitrogens with zero attached hydrogens (tertiary/aromatic N) is 3. The number of aromatic amines is 1. The number of amides is 2. The third kappa shape index (κ3) is 6.21. The van der Waals surface area contributed by atoms with Crippen LogP contribution in [0.15, 0.2) is 66.9 Å². The summed E-state index contributed by atoms with van der Waals surface area (Å²) in [7, 11) is 5.40. The summed E-state index contributed by atoms with van der Waals surface area (Å²) in [6, 6.07) is 13.9. The Morgan fingerprint density at radius 3 is 2.65 bits per heavy atom. The predicted octanol–water partition coefficient (Wildman–Crippen LogP) is 3.61. The number of aromatic nitrogens is 3. The monoisotopic (exact) mass is 500 g/mol. The first kappa shape index (κ1) is 25.2. The Labute approximate surface area is 213 Å². The van der Waals surface area contributed by atoms with Crippen LogP contribution in [0.1, 0.15) is 10.4 Å². The van der Waals surface area contributed by atoms with Gasteiger partial charge in [-0.3, -0.25) is 9.59 Å². The minimum atomic E-state index is -0.555. The van der Waals surface area contributed by atoms with Gasteiger partial charge in [-0.2, -0.15) is 9.97 Å². The van der Waals surface area contributed by atoms with Crippen molar-refractivity contribution in [3.05, 3.63) is 72.4 Å². The maximum absolute atomic E-state index is 12.3. The maximum Gasteiger partial charge on any atom is 0.250 e. The maximum atomic E-state index is 12.3. The number of hydrogen-bond acceptors (Lipinski definition) is 8. The van der Waals surface area contributed by atoms with E-state index >= 15 is 0 Å². The van der Waals surface area contributed by atoms with Crippen LogP contribution in [0.4, 0.5) is 28.8 Å². The van der Waals surface area contributed by atoms with E-state index in [1.807, 2.05) is 25.1 Å². The molecule has 190 valence electrons. The zero-order chi connectivity index (χ0) is 26.4. The molecule has 0 fully saturated rings. The summed E-state index contributed by atoms with van der Waals surface area (Å²) in [4.78, 5) is 38.4. The molecule has 0 aliphatic rings.